The van der Waals surface area contributed by atoms with Crippen LogP contribution in [0.4, 0.5) is 0 Å². The molecule has 0 saturated heterocycles. The molecule has 20 heavy (non-hydrogen) atoms. The van der Waals surface area contributed by atoms with Crippen molar-refractivity contribution in [3.8, 4) is 0 Å². The van der Waals surface area contributed by atoms with Crippen LogP contribution in [-0.2, 0) is 4.79 Å². The molecule has 1 aromatic carbocycles. The maximum absolute atomic E-state index is 12.3. The SMILES string of the molecule is CC(Sc1cn2c(=O)c3ccccc3[nH]c2n1)C(=O)O. The number of thioether (sulfide) groups is 1. The number of aliphatic carboxylic acids is 1. The van der Waals surface area contributed by atoms with Gasteiger partial charge in [0.05, 0.1) is 10.9 Å². The monoisotopic (exact) mass is 289 g/mol. The van der Waals surface area contributed by atoms with E-state index >= 15 is 0 Å². The zero-order valence-electron chi connectivity index (χ0n) is 10.5. The molecule has 2 aromatic heterocycles. The molecule has 0 bridgehead atoms. The standard InChI is InChI=1S/C13H11N3O3S/c1-7(12(18)19)20-10-6-16-11(17)8-4-2-3-5-9(8)14-13(16)15-10/h2-7H,1H3,(H,14,15)(H,18,19). The molecular weight excluding hydrogens is 278 g/mol. The molecule has 0 saturated carbocycles. The minimum absolute atomic E-state index is 0.170. The summed E-state index contributed by atoms with van der Waals surface area (Å²) in [6.45, 7) is 1.58. The highest BCUT2D eigenvalue weighted by Crippen LogP contribution is 2.22. The first-order valence-electron chi connectivity index (χ1n) is 5.96. The Morgan fingerprint density at radius 3 is 2.95 bits per heavy atom. The van der Waals surface area contributed by atoms with Crippen LogP contribution in [0.2, 0.25) is 0 Å². The maximum atomic E-state index is 12.3. The summed E-state index contributed by atoms with van der Waals surface area (Å²) in [5.74, 6) is -0.502. The summed E-state index contributed by atoms with van der Waals surface area (Å²) in [7, 11) is 0. The number of para-hydroxylation sites is 1. The van der Waals surface area contributed by atoms with Gasteiger partial charge in [0.1, 0.15) is 10.3 Å². The number of H-pyrrole nitrogens is 1. The van der Waals surface area contributed by atoms with Crippen LogP contribution >= 0.6 is 11.8 Å². The number of carbonyl (C=O) groups is 1. The highest BCUT2D eigenvalue weighted by molar-refractivity contribution is 8.00. The Bertz CT molecular complexity index is 868. The number of hydrogen-bond acceptors (Lipinski definition) is 4. The topological polar surface area (TPSA) is 87.5 Å². The van der Waals surface area contributed by atoms with E-state index in [4.69, 9.17) is 5.11 Å². The van der Waals surface area contributed by atoms with Crippen molar-refractivity contribution in [2.24, 2.45) is 0 Å². The molecule has 0 fully saturated rings. The van der Waals surface area contributed by atoms with Gasteiger partial charge in [-0.1, -0.05) is 23.9 Å². The average Bonchev–Trinajstić information content (AvgIpc) is 2.81. The number of hydrogen-bond donors (Lipinski definition) is 2. The molecule has 7 heteroatoms. The average molecular weight is 289 g/mol. The predicted molar refractivity (Wildman–Crippen MR) is 76.3 cm³/mol. The van der Waals surface area contributed by atoms with E-state index in [-0.39, 0.29) is 5.56 Å². The highest BCUT2D eigenvalue weighted by atomic mass is 32.2. The number of imidazole rings is 1. The lowest BCUT2D eigenvalue weighted by Gasteiger charge is -2.00. The summed E-state index contributed by atoms with van der Waals surface area (Å²) in [6.07, 6.45) is 1.56. The molecule has 0 aliphatic heterocycles. The van der Waals surface area contributed by atoms with Crippen molar-refractivity contribution in [1.29, 1.82) is 0 Å². The van der Waals surface area contributed by atoms with Crippen molar-refractivity contribution in [2.75, 3.05) is 0 Å². The predicted octanol–water partition coefficient (Wildman–Crippen LogP) is 1.74. The lowest BCUT2D eigenvalue weighted by Crippen LogP contribution is -2.13. The number of fused-ring (bicyclic) bond motifs is 2. The first-order chi connectivity index (χ1) is 9.56. The first-order valence-corrected chi connectivity index (χ1v) is 6.84. The number of nitrogens with zero attached hydrogens (tertiary/aromatic N) is 2. The summed E-state index contributed by atoms with van der Waals surface area (Å²) < 4.78 is 1.40. The fourth-order valence-corrected chi connectivity index (χ4v) is 2.69. The van der Waals surface area contributed by atoms with E-state index in [1.54, 1.807) is 31.3 Å². The molecule has 3 rings (SSSR count). The minimum Gasteiger partial charge on any atom is -0.480 e. The van der Waals surface area contributed by atoms with Gasteiger partial charge in [0.15, 0.2) is 0 Å². The lowest BCUT2D eigenvalue weighted by molar-refractivity contribution is -0.136. The number of rotatable bonds is 3. The Labute approximate surface area is 117 Å². The molecule has 6 nitrogen and oxygen atoms in total. The second kappa shape index (κ2) is 4.68. The molecule has 0 aliphatic rings. The van der Waals surface area contributed by atoms with Crippen LogP contribution in [0.15, 0.2) is 40.3 Å². The van der Waals surface area contributed by atoms with Gasteiger partial charge < -0.3 is 10.1 Å². The third kappa shape index (κ3) is 2.05. The molecule has 1 atom stereocenters. The Kier molecular flexibility index (Phi) is 2.98. The Morgan fingerprint density at radius 1 is 1.45 bits per heavy atom. The quantitative estimate of drug-likeness (QED) is 0.717. The van der Waals surface area contributed by atoms with Gasteiger partial charge in [-0.2, -0.15) is 0 Å². The van der Waals surface area contributed by atoms with Gasteiger partial charge in [0, 0.05) is 6.20 Å². The number of nitrogens with one attached hydrogen (secondary N) is 1. The Balaban J connectivity index is 2.16. The minimum atomic E-state index is -0.913. The van der Waals surface area contributed by atoms with Crippen molar-refractivity contribution in [3.05, 3.63) is 40.8 Å². The molecule has 3 aromatic rings. The molecule has 0 radical (unpaired) electrons. The molecule has 0 aliphatic carbocycles. The molecule has 0 spiro atoms. The molecular formula is C13H11N3O3S. The zero-order valence-corrected chi connectivity index (χ0v) is 11.3. The lowest BCUT2D eigenvalue weighted by atomic mass is 10.2. The summed E-state index contributed by atoms with van der Waals surface area (Å²) in [4.78, 5) is 30.5. The molecule has 2 heterocycles. The third-order valence-corrected chi connectivity index (χ3v) is 3.95. The fraction of sp³-hybridized carbons (Fsp3) is 0.154. The molecule has 102 valence electrons. The van der Waals surface area contributed by atoms with E-state index < -0.39 is 11.2 Å². The third-order valence-electron chi connectivity index (χ3n) is 2.95. The van der Waals surface area contributed by atoms with Gasteiger partial charge in [-0.25, -0.2) is 4.98 Å². The van der Waals surface area contributed by atoms with Crippen LogP contribution in [0.3, 0.4) is 0 Å². The molecule has 0 amide bonds. The van der Waals surface area contributed by atoms with Crippen LogP contribution in [0, 0.1) is 0 Å². The maximum Gasteiger partial charge on any atom is 0.316 e. The van der Waals surface area contributed by atoms with Crippen molar-refractivity contribution >= 4 is 34.4 Å². The largest absolute Gasteiger partial charge is 0.480 e. The van der Waals surface area contributed by atoms with Crippen LogP contribution in [-0.4, -0.2) is 30.7 Å². The van der Waals surface area contributed by atoms with Gasteiger partial charge in [0.2, 0.25) is 5.78 Å². The van der Waals surface area contributed by atoms with Gasteiger partial charge in [-0.15, -0.1) is 0 Å². The summed E-state index contributed by atoms with van der Waals surface area (Å²) in [5, 5.41) is 9.35. The number of carboxylic acid groups (broad SMARTS) is 1. The summed E-state index contributed by atoms with van der Waals surface area (Å²) in [5.41, 5.74) is 0.537. The second-order valence-corrected chi connectivity index (χ2v) is 5.71. The van der Waals surface area contributed by atoms with Crippen LogP contribution in [0.25, 0.3) is 16.7 Å². The number of aromatic amines is 1. The van der Waals surface area contributed by atoms with Crippen LogP contribution in [0.5, 0.6) is 0 Å². The Hall–Kier alpha value is -2.28. The fourth-order valence-electron chi connectivity index (χ4n) is 1.92. The highest BCUT2D eigenvalue weighted by Gasteiger charge is 2.16. The van der Waals surface area contributed by atoms with Gasteiger partial charge in [0.25, 0.3) is 5.56 Å². The van der Waals surface area contributed by atoms with Crippen molar-refractivity contribution in [3.63, 3.8) is 0 Å². The van der Waals surface area contributed by atoms with Crippen molar-refractivity contribution < 1.29 is 9.90 Å². The van der Waals surface area contributed by atoms with E-state index in [1.165, 1.54) is 4.40 Å². The smallest absolute Gasteiger partial charge is 0.316 e. The van der Waals surface area contributed by atoms with E-state index in [1.807, 2.05) is 6.07 Å². The van der Waals surface area contributed by atoms with E-state index in [2.05, 4.69) is 9.97 Å². The first kappa shape index (κ1) is 12.7. The number of benzene rings is 1. The second-order valence-electron chi connectivity index (χ2n) is 4.35. The molecule has 1 unspecified atom stereocenters. The zero-order chi connectivity index (χ0) is 14.3. The van der Waals surface area contributed by atoms with Crippen molar-refractivity contribution in [2.45, 2.75) is 17.2 Å². The van der Waals surface area contributed by atoms with Crippen LogP contribution < -0.4 is 5.56 Å². The normalized spacial score (nSPS) is 12.8. The number of carboxylic acids is 1. The van der Waals surface area contributed by atoms with Crippen LogP contribution in [0.1, 0.15) is 6.92 Å². The molecule has 2 N–H and O–H groups in total. The van der Waals surface area contributed by atoms with Gasteiger partial charge >= 0.3 is 5.97 Å². The van der Waals surface area contributed by atoms with E-state index in [0.717, 1.165) is 11.8 Å². The summed E-state index contributed by atoms with van der Waals surface area (Å²) >= 11 is 1.10. The van der Waals surface area contributed by atoms with Gasteiger partial charge in [-0.05, 0) is 19.1 Å². The van der Waals surface area contributed by atoms with Gasteiger partial charge in [-0.3, -0.25) is 14.0 Å². The number of aromatic nitrogens is 3. The van der Waals surface area contributed by atoms with Crippen molar-refractivity contribution in [1.82, 2.24) is 14.4 Å². The van der Waals surface area contributed by atoms with E-state index in [9.17, 15) is 9.59 Å². The van der Waals surface area contributed by atoms with E-state index in [0.29, 0.717) is 21.7 Å². The Morgan fingerprint density at radius 2 is 2.20 bits per heavy atom. The summed E-state index contributed by atoms with van der Waals surface area (Å²) in [6, 6.07) is 7.17.